The first-order valence-corrected chi connectivity index (χ1v) is 7.95. The molecule has 5 rings (SSSR count). The van der Waals surface area contributed by atoms with Crippen molar-refractivity contribution < 1.29 is 0 Å². The van der Waals surface area contributed by atoms with Gasteiger partial charge in [-0.15, -0.1) is 11.3 Å². The normalized spacial score (nSPS) is 34.8. The lowest BCUT2D eigenvalue weighted by molar-refractivity contribution is 0.0459. The average Bonchev–Trinajstić information content (AvgIpc) is 2.84. The number of allylic oxidation sites excluding steroid dienone is 1. The first-order chi connectivity index (χ1) is 8.77. The number of fused-ring (bicyclic) bond motifs is 4. The molecule has 0 unspecified atom stereocenters. The molecule has 2 saturated heterocycles. The molecule has 0 radical (unpaired) electrons. The number of hydrogen-bond donors (Lipinski definition) is 0. The molecule has 2 nitrogen and oxygen atoms in total. The second kappa shape index (κ2) is 3.91. The van der Waals surface area contributed by atoms with E-state index in [0.717, 1.165) is 6.04 Å². The maximum Gasteiger partial charge on any atom is 0.101 e. The quantitative estimate of drug-likeness (QED) is 0.770. The van der Waals surface area contributed by atoms with E-state index < -0.39 is 0 Å². The summed E-state index contributed by atoms with van der Waals surface area (Å²) in [5, 5.41) is 1.43. The maximum absolute atomic E-state index is 4.98. The van der Waals surface area contributed by atoms with E-state index in [-0.39, 0.29) is 0 Å². The van der Waals surface area contributed by atoms with Gasteiger partial charge in [-0.2, -0.15) is 0 Å². The van der Waals surface area contributed by atoms with Crippen LogP contribution in [0, 0.1) is 0 Å². The molecule has 1 saturated carbocycles. The predicted octanol–water partition coefficient (Wildman–Crippen LogP) is 3.23. The topological polar surface area (TPSA) is 16.1 Å². The van der Waals surface area contributed by atoms with Gasteiger partial charge < -0.3 is 4.90 Å². The van der Waals surface area contributed by atoms with Crippen molar-refractivity contribution >= 4 is 17.4 Å². The van der Waals surface area contributed by atoms with Crippen LogP contribution in [0.3, 0.4) is 0 Å². The Labute approximate surface area is 113 Å². The van der Waals surface area contributed by atoms with Crippen LogP contribution >= 0.6 is 11.3 Å². The minimum atomic E-state index is 0.388. The van der Waals surface area contributed by atoms with Crippen LogP contribution in [0.5, 0.6) is 0 Å². The zero-order chi connectivity index (χ0) is 12.2. The Morgan fingerprint density at radius 1 is 1.39 bits per heavy atom. The SMILES string of the molecule is CN1CC2(c3nc4c(s3)CCC=C4)CCC1CC2. The Balaban J connectivity index is 1.73. The van der Waals surface area contributed by atoms with Gasteiger partial charge in [0.1, 0.15) is 5.01 Å². The van der Waals surface area contributed by atoms with Gasteiger partial charge in [0.25, 0.3) is 0 Å². The van der Waals surface area contributed by atoms with Crippen LogP contribution in [-0.2, 0) is 11.8 Å². The number of thiazole rings is 1. The molecular formula is C15H20N2S. The Morgan fingerprint density at radius 3 is 2.94 bits per heavy atom. The fraction of sp³-hybridized carbons (Fsp3) is 0.667. The molecule has 96 valence electrons. The molecule has 3 fully saturated rings. The van der Waals surface area contributed by atoms with Crippen LogP contribution in [0.15, 0.2) is 6.08 Å². The summed E-state index contributed by atoms with van der Waals surface area (Å²) in [7, 11) is 2.30. The summed E-state index contributed by atoms with van der Waals surface area (Å²) in [6.45, 7) is 1.23. The molecule has 2 bridgehead atoms. The van der Waals surface area contributed by atoms with Crippen LogP contribution < -0.4 is 0 Å². The lowest BCUT2D eigenvalue weighted by Crippen LogP contribution is -2.54. The molecule has 0 spiro atoms. The lowest BCUT2D eigenvalue weighted by atomic mass is 9.68. The fourth-order valence-electron chi connectivity index (χ4n) is 3.95. The summed E-state index contributed by atoms with van der Waals surface area (Å²) in [5.41, 5.74) is 1.66. The van der Waals surface area contributed by atoms with Crippen LogP contribution in [0.25, 0.3) is 6.08 Å². The number of piperidine rings is 2. The zero-order valence-electron chi connectivity index (χ0n) is 11.0. The second-order valence-electron chi connectivity index (χ2n) is 6.20. The van der Waals surface area contributed by atoms with Gasteiger partial charge in [0.2, 0.25) is 0 Å². The summed E-state index contributed by atoms with van der Waals surface area (Å²) in [6.07, 6.45) is 12.4. The number of aromatic nitrogens is 1. The van der Waals surface area contributed by atoms with Crippen molar-refractivity contribution in [3.05, 3.63) is 21.7 Å². The molecular weight excluding hydrogens is 240 g/mol. The fourth-order valence-corrected chi connectivity index (χ4v) is 5.25. The third-order valence-electron chi connectivity index (χ3n) is 5.08. The number of hydrogen-bond acceptors (Lipinski definition) is 3. The Kier molecular flexibility index (Phi) is 2.43. The standard InChI is InChI=1S/C15H20N2S/c1-17-10-15(8-6-11(17)7-9-15)14-16-12-4-2-3-5-13(12)18-14/h2,4,11H,3,5-10H2,1H3. The van der Waals surface area contributed by atoms with Crippen molar-refractivity contribution in [3.8, 4) is 0 Å². The van der Waals surface area contributed by atoms with Gasteiger partial charge in [-0.25, -0.2) is 4.98 Å². The molecule has 0 N–H and O–H groups in total. The Hall–Kier alpha value is -0.670. The summed E-state index contributed by atoms with van der Waals surface area (Å²) < 4.78 is 0. The van der Waals surface area contributed by atoms with Crippen LogP contribution in [0.1, 0.15) is 47.7 Å². The van der Waals surface area contributed by atoms with E-state index in [9.17, 15) is 0 Å². The van der Waals surface area contributed by atoms with E-state index in [2.05, 4.69) is 24.1 Å². The highest BCUT2D eigenvalue weighted by atomic mass is 32.1. The summed E-state index contributed by atoms with van der Waals surface area (Å²) in [6, 6.07) is 0.848. The first kappa shape index (κ1) is 11.2. The molecule has 4 aliphatic rings. The first-order valence-electron chi connectivity index (χ1n) is 7.14. The highest BCUT2D eigenvalue weighted by Crippen LogP contribution is 2.47. The van der Waals surface area contributed by atoms with E-state index in [1.54, 1.807) is 0 Å². The molecule has 0 atom stereocenters. The zero-order valence-corrected chi connectivity index (χ0v) is 11.8. The molecule has 2 aliphatic carbocycles. The summed E-state index contributed by atoms with van der Waals surface area (Å²) in [4.78, 5) is 9.08. The minimum Gasteiger partial charge on any atom is -0.302 e. The van der Waals surface area contributed by atoms with Crippen molar-refractivity contribution in [2.24, 2.45) is 0 Å². The Morgan fingerprint density at radius 2 is 2.22 bits per heavy atom. The lowest BCUT2D eigenvalue weighted by Gasteiger charge is -2.50. The highest BCUT2D eigenvalue weighted by molar-refractivity contribution is 7.12. The van der Waals surface area contributed by atoms with E-state index in [1.807, 2.05) is 11.3 Å². The maximum atomic E-state index is 4.98. The van der Waals surface area contributed by atoms with Crippen molar-refractivity contribution in [2.75, 3.05) is 13.6 Å². The van der Waals surface area contributed by atoms with Crippen LogP contribution in [0.2, 0.25) is 0 Å². The van der Waals surface area contributed by atoms with Gasteiger partial charge in [0, 0.05) is 22.9 Å². The Bertz CT molecular complexity index is 495. The second-order valence-corrected chi connectivity index (χ2v) is 7.28. The molecule has 3 heterocycles. The van der Waals surface area contributed by atoms with Crippen LogP contribution in [0.4, 0.5) is 0 Å². The number of likely N-dealkylation sites (N-methyl/N-ethyl adjacent to an activating group) is 1. The van der Waals surface area contributed by atoms with Crippen molar-refractivity contribution in [1.29, 1.82) is 0 Å². The smallest absolute Gasteiger partial charge is 0.101 e. The van der Waals surface area contributed by atoms with Crippen LogP contribution in [-0.4, -0.2) is 29.5 Å². The molecule has 1 aromatic rings. The van der Waals surface area contributed by atoms with Crippen molar-refractivity contribution in [2.45, 2.75) is 50.0 Å². The van der Waals surface area contributed by atoms with Gasteiger partial charge in [-0.3, -0.25) is 0 Å². The van der Waals surface area contributed by atoms with Crippen molar-refractivity contribution in [1.82, 2.24) is 9.88 Å². The van der Waals surface area contributed by atoms with Gasteiger partial charge in [-0.1, -0.05) is 6.08 Å². The third-order valence-corrected chi connectivity index (χ3v) is 6.46. The largest absolute Gasteiger partial charge is 0.302 e. The predicted molar refractivity (Wildman–Crippen MR) is 76.0 cm³/mol. The monoisotopic (exact) mass is 260 g/mol. The molecule has 2 aliphatic heterocycles. The molecule has 3 heteroatoms. The van der Waals surface area contributed by atoms with E-state index in [1.165, 1.54) is 60.6 Å². The third kappa shape index (κ3) is 1.53. The summed E-state index contributed by atoms with van der Waals surface area (Å²) in [5.74, 6) is 0. The van der Waals surface area contributed by atoms with Gasteiger partial charge in [-0.05, 0) is 51.6 Å². The van der Waals surface area contributed by atoms with Gasteiger partial charge in [0.05, 0.1) is 5.69 Å². The van der Waals surface area contributed by atoms with Gasteiger partial charge >= 0.3 is 0 Å². The molecule has 0 aromatic carbocycles. The number of aryl methyl sites for hydroxylation is 1. The molecule has 18 heavy (non-hydrogen) atoms. The minimum absolute atomic E-state index is 0.388. The molecule has 0 amide bonds. The summed E-state index contributed by atoms with van der Waals surface area (Å²) >= 11 is 2.00. The number of rotatable bonds is 1. The van der Waals surface area contributed by atoms with E-state index in [0.29, 0.717) is 5.41 Å². The van der Waals surface area contributed by atoms with Gasteiger partial charge in [0.15, 0.2) is 0 Å². The highest BCUT2D eigenvalue weighted by Gasteiger charge is 2.46. The average molecular weight is 260 g/mol. The number of nitrogens with zero attached hydrogens (tertiary/aromatic N) is 2. The van der Waals surface area contributed by atoms with E-state index >= 15 is 0 Å². The molecule has 1 aromatic heterocycles. The van der Waals surface area contributed by atoms with Crippen molar-refractivity contribution in [3.63, 3.8) is 0 Å². The van der Waals surface area contributed by atoms with E-state index in [4.69, 9.17) is 4.98 Å².